The number of methoxy groups -OCH3 is 1. The average Bonchev–Trinajstić information content (AvgIpc) is 2.18. The lowest BCUT2D eigenvalue weighted by Gasteiger charge is -2.10. The first-order valence-corrected chi connectivity index (χ1v) is 4.76. The standard InChI is InChI=1S/C13H16O/c1-5-6-7-12-8-11(3)13(14-4)9-10(12)2/h1,8-9H,6-7H2,2-4H3. The first-order valence-electron chi connectivity index (χ1n) is 4.76. The van der Waals surface area contributed by atoms with Crippen LogP contribution in [-0.2, 0) is 6.42 Å². The van der Waals surface area contributed by atoms with Gasteiger partial charge in [-0.1, -0.05) is 6.07 Å². The summed E-state index contributed by atoms with van der Waals surface area (Å²) in [5.74, 6) is 3.61. The predicted molar refractivity (Wildman–Crippen MR) is 59.6 cm³/mol. The second-order valence-corrected chi connectivity index (χ2v) is 3.45. The summed E-state index contributed by atoms with van der Waals surface area (Å²) in [6.45, 7) is 4.14. The van der Waals surface area contributed by atoms with Gasteiger partial charge in [0.15, 0.2) is 0 Å². The zero-order valence-electron chi connectivity index (χ0n) is 9.05. The van der Waals surface area contributed by atoms with Crippen molar-refractivity contribution in [3.63, 3.8) is 0 Å². The van der Waals surface area contributed by atoms with Crippen LogP contribution < -0.4 is 4.74 Å². The zero-order valence-corrected chi connectivity index (χ0v) is 9.05. The van der Waals surface area contributed by atoms with Crippen molar-refractivity contribution in [3.05, 3.63) is 28.8 Å². The Labute approximate surface area is 86.1 Å². The molecule has 0 heterocycles. The molecule has 74 valence electrons. The highest BCUT2D eigenvalue weighted by Crippen LogP contribution is 2.23. The summed E-state index contributed by atoms with van der Waals surface area (Å²) in [4.78, 5) is 0. The Bertz CT molecular complexity index is 358. The lowest BCUT2D eigenvalue weighted by molar-refractivity contribution is 0.411. The third-order valence-corrected chi connectivity index (χ3v) is 2.39. The lowest BCUT2D eigenvalue weighted by atomic mass is 10.0. The van der Waals surface area contributed by atoms with Crippen LogP contribution in [0.5, 0.6) is 5.75 Å². The van der Waals surface area contributed by atoms with E-state index in [1.165, 1.54) is 16.7 Å². The number of hydrogen-bond donors (Lipinski definition) is 0. The minimum Gasteiger partial charge on any atom is -0.496 e. The van der Waals surface area contributed by atoms with Gasteiger partial charge in [0, 0.05) is 6.42 Å². The molecule has 0 aliphatic rings. The molecule has 0 atom stereocenters. The van der Waals surface area contributed by atoms with E-state index < -0.39 is 0 Å². The molecule has 1 aromatic carbocycles. The highest BCUT2D eigenvalue weighted by molar-refractivity contribution is 5.41. The largest absolute Gasteiger partial charge is 0.496 e. The van der Waals surface area contributed by atoms with E-state index in [-0.39, 0.29) is 0 Å². The molecule has 0 amide bonds. The van der Waals surface area contributed by atoms with Gasteiger partial charge >= 0.3 is 0 Å². The van der Waals surface area contributed by atoms with Gasteiger partial charge in [-0.15, -0.1) is 12.3 Å². The number of hydrogen-bond acceptors (Lipinski definition) is 1. The molecule has 0 fully saturated rings. The van der Waals surface area contributed by atoms with Gasteiger partial charge < -0.3 is 4.74 Å². The quantitative estimate of drug-likeness (QED) is 0.663. The molecular weight excluding hydrogens is 172 g/mol. The minimum absolute atomic E-state index is 0.798. The molecule has 0 N–H and O–H groups in total. The van der Waals surface area contributed by atoms with Crippen LogP contribution in [0.15, 0.2) is 12.1 Å². The Hall–Kier alpha value is -1.42. The van der Waals surface area contributed by atoms with Crippen LogP contribution in [0.3, 0.4) is 0 Å². The van der Waals surface area contributed by atoms with Crippen molar-refractivity contribution in [3.8, 4) is 18.1 Å². The molecule has 1 nitrogen and oxygen atoms in total. The first kappa shape index (κ1) is 10.7. The van der Waals surface area contributed by atoms with Gasteiger partial charge in [-0.2, -0.15) is 0 Å². The second kappa shape index (κ2) is 4.72. The summed E-state index contributed by atoms with van der Waals surface area (Å²) in [6.07, 6.45) is 7.00. The molecule has 0 spiro atoms. The molecule has 0 bridgehead atoms. The predicted octanol–water partition coefficient (Wildman–Crippen LogP) is 2.88. The maximum Gasteiger partial charge on any atom is 0.122 e. The summed E-state index contributed by atoms with van der Waals surface area (Å²) >= 11 is 0. The van der Waals surface area contributed by atoms with E-state index >= 15 is 0 Å². The van der Waals surface area contributed by atoms with Crippen molar-refractivity contribution in [2.75, 3.05) is 7.11 Å². The zero-order chi connectivity index (χ0) is 10.6. The molecule has 0 unspecified atom stereocenters. The molecule has 1 heteroatoms. The lowest BCUT2D eigenvalue weighted by Crippen LogP contribution is -1.94. The summed E-state index contributed by atoms with van der Waals surface area (Å²) in [7, 11) is 1.70. The SMILES string of the molecule is C#CCCc1cc(C)c(OC)cc1C. The summed E-state index contributed by atoms with van der Waals surface area (Å²) < 4.78 is 5.24. The normalized spacial score (nSPS) is 9.57. The first-order chi connectivity index (χ1) is 6.69. The Balaban J connectivity index is 2.97. The third kappa shape index (κ3) is 2.29. The fourth-order valence-corrected chi connectivity index (χ4v) is 1.55. The van der Waals surface area contributed by atoms with Crippen molar-refractivity contribution in [2.45, 2.75) is 26.7 Å². The Morgan fingerprint density at radius 1 is 1.29 bits per heavy atom. The Morgan fingerprint density at radius 3 is 2.57 bits per heavy atom. The third-order valence-electron chi connectivity index (χ3n) is 2.39. The van der Waals surface area contributed by atoms with E-state index in [1.54, 1.807) is 7.11 Å². The highest BCUT2D eigenvalue weighted by atomic mass is 16.5. The molecule has 0 saturated carbocycles. The molecule has 1 aromatic rings. The summed E-state index contributed by atoms with van der Waals surface area (Å²) in [6, 6.07) is 4.23. The van der Waals surface area contributed by atoms with Crippen molar-refractivity contribution < 1.29 is 4.74 Å². The minimum atomic E-state index is 0.798. The number of benzene rings is 1. The second-order valence-electron chi connectivity index (χ2n) is 3.45. The van der Waals surface area contributed by atoms with Crippen molar-refractivity contribution in [1.82, 2.24) is 0 Å². The highest BCUT2D eigenvalue weighted by Gasteiger charge is 2.03. The monoisotopic (exact) mass is 188 g/mol. The maximum absolute atomic E-state index is 5.25. The van der Waals surface area contributed by atoms with Crippen molar-refractivity contribution >= 4 is 0 Å². The van der Waals surface area contributed by atoms with Crippen LogP contribution in [0.25, 0.3) is 0 Å². The molecule has 0 aliphatic carbocycles. The fraction of sp³-hybridized carbons (Fsp3) is 0.385. The fourth-order valence-electron chi connectivity index (χ4n) is 1.55. The van der Waals surface area contributed by atoms with Gasteiger partial charge in [0.25, 0.3) is 0 Å². The molecule has 14 heavy (non-hydrogen) atoms. The van der Waals surface area contributed by atoms with E-state index in [4.69, 9.17) is 11.2 Å². The number of ether oxygens (including phenoxy) is 1. The van der Waals surface area contributed by atoms with Crippen LogP contribution in [0, 0.1) is 26.2 Å². The van der Waals surface area contributed by atoms with Gasteiger partial charge in [-0.05, 0) is 43.0 Å². The average molecular weight is 188 g/mol. The van der Waals surface area contributed by atoms with Crippen LogP contribution in [0.2, 0.25) is 0 Å². The molecule has 0 saturated heterocycles. The van der Waals surface area contributed by atoms with Gasteiger partial charge in [-0.25, -0.2) is 0 Å². The van der Waals surface area contributed by atoms with Crippen LogP contribution >= 0.6 is 0 Å². The molecular formula is C13H16O. The van der Waals surface area contributed by atoms with Gasteiger partial charge in [0.2, 0.25) is 0 Å². The van der Waals surface area contributed by atoms with Crippen molar-refractivity contribution in [1.29, 1.82) is 0 Å². The van der Waals surface area contributed by atoms with Crippen LogP contribution in [0.4, 0.5) is 0 Å². The van der Waals surface area contributed by atoms with Gasteiger partial charge in [-0.3, -0.25) is 0 Å². The van der Waals surface area contributed by atoms with E-state index in [0.29, 0.717) is 0 Å². The summed E-state index contributed by atoms with van der Waals surface area (Å²) in [5.41, 5.74) is 3.74. The summed E-state index contributed by atoms with van der Waals surface area (Å²) in [5, 5.41) is 0. The topological polar surface area (TPSA) is 9.23 Å². The molecule has 0 aliphatic heterocycles. The van der Waals surface area contributed by atoms with E-state index in [1.807, 2.05) is 0 Å². The van der Waals surface area contributed by atoms with Gasteiger partial charge in [0.1, 0.15) is 5.75 Å². The molecule has 0 aromatic heterocycles. The number of aryl methyl sites for hydroxylation is 3. The van der Waals surface area contributed by atoms with E-state index in [9.17, 15) is 0 Å². The van der Waals surface area contributed by atoms with Gasteiger partial charge in [0.05, 0.1) is 7.11 Å². The number of terminal acetylenes is 1. The van der Waals surface area contributed by atoms with Crippen LogP contribution in [-0.4, -0.2) is 7.11 Å². The van der Waals surface area contributed by atoms with Crippen LogP contribution in [0.1, 0.15) is 23.1 Å². The Kier molecular flexibility index (Phi) is 3.59. The number of rotatable bonds is 3. The smallest absolute Gasteiger partial charge is 0.122 e. The maximum atomic E-state index is 5.25. The van der Waals surface area contributed by atoms with E-state index in [2.05, 4.69) is 31.9 Å². The van der Waals surface area contributed by atoms with Crippen molar-refractivity contribution in [2.24, 2.45) is 0 Å². The van der Waals surface area contributed by atoms with E-state index in [0.717, 1.165) is 18.6 Å². The Morgan fingerprint density at radius 2 is 2.00 bits per heavy atom. The molecule has 0 radical (unpaired) electrons. The molecule has 1 rings (SSSR count).